The summed E-state index contributed by atoms with van der Waals surface area (Å²) in [7, 11) is 0. The van der Waals surface area contributed by atoms with Crippen LogP contribution in [0.3, 0.4) is 0 Å². The summed E-state index contributed by atoms with van der Waals surface area (Å²) in [5.41, 5.74) is 0. The second-order valence-corrected chi connectivity index (χ2v) is 3.15. The van der Waals surface area contributed by atoms with Crippen molar-refractivity contribution in [1.82, 2.24) is 15.3 Å². The molecule has 0 saturated heterocycles. The Bertz CT molecular complexity index is 394. The normalized spacial score (nSPS) is 10.7. The molecule has 1 N–H and O–H groups in total. The van der Waals surface area contributed by atoms with Gasteiger partial charge in [-0.25, -0.2) is 9.97 Å². The van der Waals surface area contributed by atoms with Crippen molar-refractivity contribution in [3.8, 4) is 0 Å². The predicted molar refractivity (Wildman–Crippen MR) is 52.9 cm³/mol. The molecule has 0 aliphatic carbocycles. The zero-order chi connectivity index (χ0) is 10.5. The summed E-state index contributed by atoms with van der Waals surface area (Å²) in [6.07, 6.45) is 5.72. The minimum atomic E-state index is 0.598. The van der Waals surface area contributed by atoms with Gasteiger partial charge in [-0.2, -0.15) is 0 Å². The van der Waals surface area contributed by atoms with Gasteiger partial charge in [-0.3, -0.25) is 0 Å². The van der Waals surface area contributed by atoms with E-state index in [2.05, 4.69) is 15.3 Å². The number of oxazole rings is 2. The van der Waals surface area contributed by atoms with Gasteiger partial charge >= 0.3 is 0 Å². The van der Waals surface area contributed by atoms with Crippen LogP contribution in [-0.2, 0) is 19.5 Å². The lowest BCUT2D eigenvalue weighted by atomic mass is 10.4. The van der Waals surface area contributed by atoms with E-state index in [-0.39, 0.29) is 0 Å². The van der Waals surface area contributed by atoms with Crippen LogP contribution < -0.4 is 5.32 Å². The first-order valence-corrected chi connectivity index (χ1v) is 4.90. The fourth-order valence-corrected chi connectivity index (χ4v) is 1.22. The Morgan fingerprint density at radius 3 is 2.87 bits per heavy atom. The minimum absolute atomic E-state index is 0.598. The van der Waals surface area contributed by atoms with Crippen LogP contribution in [0.5, 0.6) is 0 Å². The minimum Gasteiger partial charge on any atom is -0.447 e. The van der Waals surface area contributed by atoms with Crippen molar-refractivity contribution in [3.63, 3.8) is 0 Å². The number of hydrogen-bond acceptors (Lipinski definition) is 5. The Morgan fingerprint density at radius 1 is 1.27 bits per heavy atom. The van der Waals surface area contributed by atoms with E-state index in [4.69, 9.17) is 8.83 Å². The second-order valence-electron chi connectivity index (χ2n) is 3.15. The third-order valence-electron chi connectivity index (χ3n) is 2.01. The molecular weight excluding hydrogens is 194 g/mol. The van der Waals surface area contributed by atoms with E-state index in [1.807, 2.05) is 6.92 Å². The summed E-state index contributed by atoms with van der Waals surface area (Å²) in [6.45, 7) is 3.26. The fraction of sp³-hybridized carbons (Fsp3) is 0.400. The zero-order valence-electron chi connectivity index (χ0n) is 8.56. The Labute approximate surface area is 87.5 Å². The van der Waals surface area contributed by atoms with Gasteiger partial charge in [0.1, 0.15) is 11.5 Å². The molecule has 0 saturated carbocycles. The SMILES string of the molecule is CCc1cnc(CNCc2cnco2)o1. The molecule has 2 aromatic heterocycles. The molecule has 2 rings (SSSR count). The molecule has 0 radical (unpaired) electrons. The molecule has 0 bridgehead atoms. The highest BCUT2D eigenvalue weighted by Gasteiger charge is 2.02. The maximum Gasteiger partial charge on any atom is 0.208 e. The Balaban J connectivity index is 1.78. The van der Waals surface area contributed by atoms with E-state index < -0.39 is 0 Å². The maximum atomic E-state index is 5.43. The third kappa shape index (κ3) is 2.66. The van der Waals surface area contributed by atoms with Gasteiger partial charge in [-0.05, 0) is 0 Å². The lowest BCUT2D eigenvalue weighted by Crippen LogP contribution is -2.12. The average Bonchev–Trinajstić information content (AvgIpc) is 2.88. The lowest BCUT2D eigenvalue weighted by Gasteiger charge is -1.97. The lowest BCUT2D eigenvalue weighted by molar-refractivity contribution is 0.423. The molecule has 2 aromatic rings. The van der Waals surface area contributed by atoms with Crippen LogP contribution in [0.1, 0.15) is 24.3 Å². The largest absolute Gasteiger partial charge is 0.447 e. The van der Waals surface area contributed by atoms with Gasteiger partial charge in [0.15, 0.2) is 6.39 Å². The highest BCUT2D eigenvalue weighted by atomic mass is 16.4. The van der Waals surface area contributed by atoms with Crippen molar-refractivity contribution in [2.75, 3.05) is 0 Å². The quantitative estimate of drug-likeness (QED) is 0.805. The molecule has 0 aliphatic rings. The molecule has 80 valence electrons. The first-order valence-electron chi connectivity index (χ1n) is 4.90. The van der Waals surface area contributed by atoms with Gasteiger partial charge in [0.2, 0.25) is 5.89 Å². The van der Waals surface area contributed by atoms with Gasteiger partial charge in [0, 0.05) is 6.42 Å². The highest BCUT2D eigenvalue weighted by molar-refractivity contribution is 4.94. The third-order valence-corrected chi connectivity index (χ3v) is 2.01. The monoisotopic (exact) mass is 207 g/mol. The summed E-state index contributed by atoms with van der Waals surface area (Å²) in [5.74, 6) is 2.41. The van der Waals surface area contributed by atoms with Crippen molar-refractivity contribution < 1.29 is 8.83 Å². The standard InChI is InChI=1S/C10H13N3O2/c1-2-8-5-13-10(15-8)6-11-3-9-4-12-7-14-9/h4-5,7,11H,2-3,6H2,1H3. The van der Waals surface area contributed by atoms with Crippen LogP contribution in [0.25, 0.3) is 0 Å². The number of rotatable bonds is 5. The summed E-state index contributed by atoms with van der Waals surface area (Å²) in [4.78, 5) is 7.95. The van der Waals surface area contributed by atoms with Crippen LogP contribution in [0.15, 0.2) is 27.6 Å². The molecule has 0 aromatic carbocycles. The van der Waals surface area contributed by atoms with Gasteiger partial charge in [-0.15, -0.1) is 0 Å². The van der Waals surface area contributed by atoms with Crippen molar-refractivity contribution in [3.05, 3.63) is 36.2 Å². The van der Waals surface area contributed by atoms with Gasteiger partial charge in [0.05, 0.1) is 25.5 Å². The van der Waals surface area contributed by atoms with Crippen molar-refractivity contribution in [2.45, 2.75) is 26.4 Å². The number of hydrogen-bond donors (Lipinski definition) is 1. The molecule has 15 heavy (non-hydrogen) atoms. The molecule has 2 heterocycles. The summed E-state index contributed by atoms with van der Waals surface area (Å²) < 4.78 is 10.5. The van der Waals surface area contributed by atoms with Crippen LogP contribution in [0, 0.1) is 0 Å². The van der Waals surface area contributed by atoms with E-state index in [9.17, 15) is 0 Å². The highest BCUT2D eigenvalue weighted by Crippen LogP contribution is 2.04. The van der Waals surface area contributed by atoms with Crippen LogP contribution >= 0.6 is 0 Å². The Morgan fingerprint density at radius 2 is 2.20 bits per heavy atom. The molecule has 0 unspecified atom stereocenters. The van der Waals surface area contributed by atoms with Crippen molar-refractivity contribution in [2.24, 2.45) is 0 Å². The molecule has 0 fully saturated rings. The van der Waals surface area contributed by atoms with Gasteiger partial charge < -0.3 is 14.2 Å². The summed E-state index contributed by atoms with van der Waals surface area (Å²) >= 11 is 0. The predicted octanol–water partition coefficient (Wildman–Crippen LogP) is 1.51. The van der Waals surface area contributed by atoms with E-state index >= 15 is 0 Å². The molecule has 5 nitrogen and oxygen atoms in total. The summed E-state index contributed by atoms with van der Waals surface area (Å²) in [5, 5.41) is 3.15. The van der Waals surface area contributed by atoms with Crippen LogP contribution in [0.4, 0.5) is 0 Å². The molecular formula is C10H13N3O2. The van der Waals surface area contributed by atoms with Gasteiger partial charge in [-0.1, -0.05) is 6.92 Å². The smallest absolute Gasteiger partial charge is 0.208 e. The Kier molecular flexibility index (Phi) is 3.14. The Hall–Kier alpha value is -1.62. The summed E-state index contributed by atoms with van der Waals surface area (Å²) in [6, 6.07) is 0. The first kappa shape index (κ1) is 9.92. The van der Waals surface area contributed by atoms with Crippen molar-refractivity contribution >= 4 is 0 Å². The van der Waals surface area contributed by atoms with Crippen molar-refractivity contribution in [1.29, 1.82) is 0 Å². The molecule has 0 amide bonds. The van der Waals surface area contributed by atoms with Crippen LogP contribution in [-0.4, -0.2) is 9.97 Å². The molecule has 0 aliphatic heterocycles. The van der Waals surface area contributed by atoms with E-state index in [0.29, 0.717) is 19.0 Å². The maximum absolute atomic E-state index is 5.43. The van der Waals surface area contributed by atoms with E-state index in [1.165, 1.54) is 6.39 Å². The molecule has 0 spiro atoms. The van der Waals surface area contributed by atoms with E-state index in [1.54, 1.807) is 12.4 Å². The fourth-order valence-electron chi connectivity index (χ4n) is 1.22. The number of nitrogens with zero attached hydrogens (tertiary/aromatic N) is 2. The van der Waals surface area contributed by atoms with Crippen LogP contribution in [0.2, 0.25) is 0 Å². The second kappa shape index (κ2) is 4.75. The van der Waals surface area contributed by atoms with E-state index in [0.717, 1.165) is 17.9 Å². The molecule has 5 heteroatoms. The number of aryl methyl sites for hydroxylation is 1. The number of aromatic nitrogens is 2. The first-order chi connectivity index (χ1) is 7.38. The number of nitrogens with one attached hydrogen (secondary N) is 1. The zero-order valence-corrected chi connectivity index (χ0v) is 8.56. The molecule has 0 atom stereocenters. The average molecular weight is 207 g/mol. The topological polar surface area (TPSA) is 64.1 Å². The van der Waals surface area contributed by atoms with Gasteiger partial charge in [0.25, 0.3) is 0 Å².